The van der Waals surface area contributed by atoms with Gasteiger partial charge < -0.3 is 15.8 Å². The second-order valence-corrected chi connectivity index (χ2v) is 4.73. The van der Waals surface area contributed by atoms with E-state index in [1.165, 1.54) is 0 Å². The summed E-state index contributed by atoms with van der Waals surface area (Å²) in [6, 6.07) is 0. The van der Waals surface area contributed by atoms with E-state index in [4.69, 9.17) is 10.5 Å². The highest BCUT2D eigenvalue weighted by molar-refractivity contribution is 4.99. The molecule has 0 aromatic carbocycles. The normalized spacial score (nSPS) is 31.5. The van der Waals surface area contributed by atoms with Gasteiger partial charge in [-0.25, -0.2) is 0 Å². The maximum absolute atomic E-state index is 5.88. The van der Waals surface area contributed by atoms with Crippen molar-refractivity contribution in [3.8, 4) is 0 Å². The second kappa shape index (κ2) is 5.64. The summed E-state index contributed by atoms with van der Waals surface area (Å²) >= 11 is 0. The van der Waals surface area contributed by atoms with Gasteiger partial charge in [0, 0.05) is 25.7 Å². The van der Waals surface area contributed by atoms with Crippen molar-refractivity contribution in [3.63, 3.8) is 0 Å². The summed E-state index contributed by atoms with van der Waals surface area (Å²) in [6.45, 7) is 7.52. The lowest BCUT2D eigenvalue weighted by Gasteiger charge is -2.40. The quantitative estimate of drug-likeness (QED) is 0.678. The summed E-state index contributed by atoms with van der Waals surface area (Å²) in [6.07, 6.45) is 4.86. The average Bonchev–Trinajstić information content (AvgIpc) is 2.27. The Hall–Kier alpha value is -0.380. The molecule has 0 saturated heterocycles. The number of nitrogens with one attached hydrogen (secondary N) is 1. The smallest absolute Gasteiger partial charge is 0.0572 e. The van der Waals surface area contributed by atoms with E-state index in [0.717, 1.165) is 37.8 Å². The van der Waals surface area contributed by atoms with E-state index in [1.807, 2.05) is 6.92 Å². The molecule has 88 valence electrons. The first-order valence-electron chi connectivity index (χ1n) is 5.74. The van der Waals surface area contributed by atoms with E-state index in [2.05, 4.69) is 11.9 Å². The van der Waals surface area contributed by atoms with Gasteiger partial charge in [-0.15, -0.1) is 0 Å². The highest BCUT2D eigenvalue weighted by atomic mass is 16.5. The number of hydrogen-bond acceptors (Lipinski definition) is 3. The van der Waals surface area contributed by atoms with E-state index >= 15 is 0 Å². The molecule has 1 rings (SSSR count). The zero-order valence-electron chi connectivity index (χ0n) is 10.0. The summed E-state index contributed by atoms with van der Waals surface area (Å²) in [5.74, 6) is 0. The predicted molar refractivity (Wildman–Crippen MR) is 63.9 cm³/mol. The number of nitrogens with two attached hydrogens (primary N) is 1. The third kappa shape index (κ3) is 3.59. The Bertz CT molecular complexity index is 208. The monoisotopic (exact) mass is 212 g/mol. The maximum Gasteiger partial charge on any atom is 0.0572 e. The van der Waals surface area contributed by atoms with Gasteiger partial charge in [0.25, 0.3) is 0 Å². The van der Waals surface area contributed by atoms with Crippen LogP contribution in [0.1, 0.15) is 32.6 Å². The number of ether oxygens (including phenoxy) is 1. The Morgan fingerprint density at radius 2 is 2.13 bits per heavy atom. The topological polar surface area (TPSA) is 47.3 Å². The third-order valence-corrected chi connectivity index (χ3v) is 3.38. The van der Waals surface area contributed by atoms with Crippen molar-refractivity contribution in [2.24, 2.45) is 5.73 Å². The molecular weight excluding hydrogens is 188 g/mol. The zero-order chi connectivity index (χ0) is 11.3. The van der Waals surface area contributed by atoms with Crippen LogP contribution in [-0.4, -0.2) is 31.8 Å². The third-order valence-electron chi connectivity index (χ3n) is 3.38. The van der Waals surface area contributed by atoms with Crippen molar-refractivity contribution < 1.29 is 4.74 Å². The molecule has 0 aromatic heterocycles. The highest BCUT2D eigenvalue weighted by Gasteiger charge is 2.33. The molecule has 3 nitrogen and oxygen atoms in total. The first-order chi connectivity index (χ1) is 7.12. The van der Waals surface area contributed by atoms with Gasteiger partial charge in [-0.2, -0.15) is 0 Å². The number of hydrogen-bond donors (Lipinski definition) is 2. The minimum absolute atomic E-state index is 0.119. The Morgan fingerprint density at radius 3 is 2.53 bits per heavy atom. The lowest BCUT2D eigenvalue weighted by Crippen LogP contribution is -2.54. The Labute approximate surface area is 93.1 Å². The van der Waals surface area contributed by atoms with E-state index in [-0.39, 0.29) is 5.54 Å². The van der Waals surface area contributed by atoms with Gasteiger partial charge in [0.05, 0.1) is 6.10 Å². The van der Waals surface area contributed by atoms with Crippen LogP contribution in [0.3, 0.4) is 0 Å². The molecule has 1 saturated carbocycles. The molecular formula is C12H24N2O. The average molecular weight is 212 g/mol. The van der Waals surface area contributed by atoms with Crippen molar-refractivity contribution in [1.82, 2.24) is 5.32 Å². The zero-order valence-corrected chi connectivity index (χ0v) is 10.0. The molecule has 0 heterocycles. The lowest BCUT2D eigenvalue weighted by molar-refractivity contribution is 0.0439. The van der Waals surface area contributed by atoms with Crippen LogP contribution in [0.4, 0.5) is 0 Å². The molecule has 1 aliphatic rings. The summed E-state index contributed by atoms with van der Waals surface area (Å²) in [7, 11) is 1.79. The maximum atomic E-state index is 5.88. The Balaban J connectivity index is 2.44. The van der Waals surface area contributed by atoms with Gasteiger partial charge in [0.1, 0.15) is 0 Å². The first kappa shape index (κ1) is 12.7. The molecule has 0 aliphatic heterocycles. The van der Waals surface area contributed by atoms with Crippen LogP contribution in [-0.2, 0) is 4.74 Å². The summed E-state index contributed by atoms with van der Waals surface area (Å²) in [5, 5.41) is 3.55. The standard InChI is InChI=1S/C12H24N2O/c1-10(2)8-14-12(9-13)6-4-11(15-3)5-7-12/h11,14H,1,4-9,13H2,2-3H3. The van der Waals surface area contributed by atoms with E-state index < -0.39 is 0 Å². The van der Waals surface area contributed by atoms with Gasteiger partial charge in [0.2, 0.25) is 0 Å². The van der Waals surface area contributed by atoms with Crippen LogP contribution < -0.4 is 11.1 Å². The van der Waals surface area contributed by atoms with Gasteiger partial charge in [-0.05, 0) is 32.6 Å². The minimum Gasteiger partial charge on any atom is -0.381 e. The Morgan fingerprint density at radius 1 is 1.53 bits per heavy atom. The summed E-state index contributed by atoms with van der Waals surface area (Å²) < 4.78 is 5.37. The fourth-order valence-electron chi connectivity index (χ4n) is 2.17. The molecule has 0 aromatic rings. The van der Waals surface area contributed by atoms with E-state index in [9.17, 15) is 0 Å². The van der Waals surface area contributed by atoms with Gasteiger partial charge in [0.15, 0.2) is 0 Å². The van der Waals surface area contributed by atoms with Crippen molar-refractivity contribution in [2.45, 2.75) is 44.2 Å². The molecule has 0 bridgehead atoms. The molecule has 1 fully saturated rings. The van der Waals surface area contributed by atoms with E-state index in [1.54, 1.807) is 7.11 Å². The van der Waals surface area contributed by atoms with Gasteiger partial charge >= 0.3 is 0 Å². The highest BCUT2D eigenvalue weighted by Crippen LogP contribution is 2.29. The molecule has 15 heavy (non-hydrogen) atoms. The first-order valence-corrected chi connectivity index (χ1v) is 5.74. The van der Waals surface area contributed by atoms with Crippen LogP contribution in [0.2, 0.25) is 0 Å². The fraction of sp³-hybridized carbons (Fsp3) is 0.833. The van der Waals surface area contributed by atoms with E-state index in [0.29, 0.717) is 12.6 Å². The van der Waals surface area contributed by atoms with Crippen molar-refractivity contribution in [2.75, 3.05) is 20.2 Å². The van der Waals surface area contributed by atoms with Crippen molar-refractivity contribution in [3.05, 3.63) is 12.2 Å². The molecule has 0 radical (unpaired) electrons. The van der Waals surface area contributed by atoms with Crippen molar-refractivity contribution in [1.29, 1.82) is 0 Å². The van der Waals surface area contributed by atoms with Crippen LogP contribution in [0.15, 0.2) is 12.2 Å². The summed E-state index contributed by atoms with van der Waals surface area (Å²) in [4.78, 5) is 0. The number of rotatable bonds is 5. The molecule has 0 unspecified atom stereocenters. The predicted octanol–water partition coefficient (Wildman–Crippen LogP) is 1.44. The van der Waals surface area contributed by atoms with Crippen LogP contribution in [0.5, 0.6) is 0 Å². The van der Waals surface area contributed by atoms with Crippen LogP contribution in [0.25, 0.3) is 0 Å². The van der Waals surface area contributed by atoms with Crippen molar-refractivity contribution >= 4 is 0 Å². The summed E-state index contributed by atoms with van der Waals surface area (Å²) in [5.41, 5.74) is 7.16. The minimum atomic E-state index is 0.119. The van der Waals surface area contributed by atoms with Gasteiger partial charge in [-0.1, -0.05) is 12.2 Å². The fourth-order valence-corrected chi connectivity index (χ4v) is 2.17. The molecule has 0 amide bonds. The van der Waals surface area contributed by atoms with Gasteiger partial charge in [-0.3, -0.25) is 0 Å². The SMILES string of the molecule is C=C(C)CNC1(CN)CCC(OC)CC1. The van der Waals surface area contributed by atoms with Crippen LogP contribution >= 0.6 is 0 Å². The lowest BCUT2D eigenvalue weighted by atomic mass is 9.80. The largest absolute Gasteiger partial charge is 0.381 e. The number of methoxy groups -OCH3 is 1. The Kier molecular flexibility index (Phi) is 4.77. The molecule has 3 N–H and O–H groups in total. The molecule has 0 spiro atoms. The molecule has 1 aliphatic carbocycles. The molecule has 0 atom stereocenters. The molecule has 3 heteroatoms. The second-order valence-electron chi connectivity index (χ2n) is 4.73. The van der Waals surface area contributed by atoms with Crippen LogP contribution in [0, 0.1) is 0 Å².